The molecule has 1 aromatic heterocycles. The summed E-state index contributed by atoms with van der Waals surface area (Å²) in [5.74, 6) is 0. The first kappa shape index (κ1) is 13.0. The van der Waals surface area contributed by atoms with Crippen LogP contribution in [0.1, 0.15) is 23.0 Å². The molecule has 0 spiro atoms. The fraction of sp³-hybridized carbons (Fsp3) is 0.692. The average molecular weight is 254 g/mol. The molecular weight excluding hydrogens is 232 g/mol. The zero-order valence-electron chi connectivity index (χ0n) is 10.9. The molecule has 1 aliphatic rings. The molecule has 0 amide bonds. The Kier molecular flexibility index (Phi) is 4.20. The molecule has 2 rings (SSSR count). The smallest absolute Gasteiger partial charge is 0.0968 e. The number of likely N-dealkylation sites (N-methyl/N-ethyl adjacent to an activating group) is 2. The van der Waals surface area contributed by atoms with E-state index in [4.69, 9.17) is 0 Å². The molecule has 0 bridgehead atoms. The SMILES string of the molecule is Cc1sccc1C(O)C1CN(C)CCCN1C. The fourth-order valence-electron chi connectivity index (χ4n) is 2.56. The van der Waals surface area contributed by atoms with Crippen LogP contribution in [0.4, 0.5) is 0 Å². The molecule has 1 saturated heterocycles. The molecule has 1 aliphatic heterocycles. The molecule has 2 heterocycles. The highest BCUT2D eigenvalue weighted by atomic mass is 32.1. The van der Waals surface area contributed by atoms with Gasteiger partial charge < -0.3 is 10.0 Å². The average Bonchev–Trinajstić information content (AvgIpc) is 2.63. The van der Waals surface area contributed by atoms with E-state index >= 15 is 0 Å². The molecule has 0 aliphatic carbocycles. The molecular formula is C13H22N2OS. The van der Waals surface area contributed by atoms with E-state index in [1.807, 2.05) is 0 Å². The number of thiophene rings is 1. The lowest BCUT2D eigenvalue weighted by atomic mass is 10.0. The Labute approximate surface area is 108 Å². The van der Waals surface area contributed by atoms with Crippen LogP contribution in [0.5, 0.6) is 0 Å². The highest BCUT2D eigenvalue weighted by Gasteiger charge is 2.29. The maximum Gasteiger partial charge on any atom is 0.0968 e. The van der Waals surface area contributed by atoms with Crippen LogP contribution in [-0.4, -0.2) is 54.7 Å². The minimum atomic E-state index is -0.369. The third kappa shape index (κ3) is 2.88. The quantitative estimate of drug-likeness (QED) is 0.870. The summed E-state index contributed by atoms with van der Waals surface area (Å²) in [6.07, 6.45) is 0.811. The summed E-state index contributed by atoms with van der Waals surface area (Å²) in [6, 6.07) is 2.26. The van der Waals surface area contributed by atoms with Crippen LogP contribution in [0.25, 0.3) is 0 Å². The number of aliphatic hydroxyl groups is 1. The number of nitrogens with zero attached hydrogens (tertiary/aromatic N) is 2. The lowest BCUT2D eigenvalue weighted by Gasteiger charge is -2.31. The largest absolute Gasteiger partial charge is 0.387 e. The van der Waals surface area contributed by atoms with Crippen molar-refractivity contribution in [2.24, 2.45) is 0 Å². The van der Waals surface area contributed by atoms with Crippen LogP contribution in [0, 0.1) is 6.92 Å². The van der Waals surface area contributed by atoms with E-state index in [9.17, 15) is 5.11 Å². The van der Waals surface area contributed by atoms with E-state index in [2.05, 4.69) is 42.3 Å². The monoisotopic (exact) mass is 254 g/mol. The van der Waals surface area contributed by atoms with Crippen molar-refractivity contribution in [2.75, 3.05) is 33.7 Å². The van der Waals surface area contributed by atoms with Gasteiger partial charge in [-0.25, -0.2) is 0 Å². The first-order valence-corrected chi connectivity index (χ1v) is 7.08. The summed E-state index contributed by atoms with van der Waals surface area (Å²) >= 11 is 1.71. The summed E-state index contributed by atoms with van der Waals surface area (Å²) in [4.78, 5) is 5.85. The molecule has 4 heteroatoms. The van der Waals surface area contributed by atoms with Gasteiger partial charge in [0, 0.05) is 11.4 Å². The Morgan fingerprint density at radius 1 is 1.41 bits per heavy atom. The second-order valence-corrected chi connectivity index (χ2v) is 6.16. The van der Waals surface area contributed by atoms with Crippen molar-refractivity contribution in [1.29, 1.82) is 0 Å². The minimum Gasteiger partial charge on any atom is -0.387 e. The van der Waals surface area contributed by atoms with Crippen molar-refractivity contribution in [3.63, 3.8) is 0 Å². The van der Waals surface area contributed by atoms with E-state index in [-0.39, 0.29) is 12.1 Å². The van der Waals surface area contributed by atoms with Gasteiger partial charge >= 0.3 is 0 Å². The molecule has 1 fully saturated rings. The molecule has 0 radical (unpaired) electrons. The number of rotatable bonds is 2. The van der Waals surface area contributed by atoms with Gasteiger partial charge in [-0.2, -0.15) is 0 Å². The second-order valence-electron chi connectivity index (χ2n) is 5.04. The van der Waals surface area contributed by atoms with Gasteiger partial charge in [-0.05, 0) is 57.5 Å². The normalized spacial score (nSPS) is 25.8. The highest BCUT2D eigenvalue weighted by Crippen LogP contribution is 2.28. The first-order chi connectivity index (χ1) is 8.09. The second kappa shape index (κ2) is 5.48. The Bertz CT molecular complexity index is 366. The fourth-order valence-corrected chi connectivity index (χ4v) is 3.30. The predicted octanol–water partition coefficient (Wildman–Crippen LogP) is 1.73. The van der Waals surface area contributed by atoms with Gasteiger partial charge in [0.25, 0.3) is 0 Å². The van der Waals surface area contributed by atoms with E-state index in [1.165, 1.54) is 11.3 Å². The number of hydrogen-bond donors (Lipinski definition) is 1. The Morgan fingerprint density at radius 2 is 2.18 bits per heavy atom. The summed E-state index contributed by atoms with van der Waals surface area (Å²) in [5.41, 5.74) is 1.10. The maximum absolute atomic E-state index is 10.6. The molecule has 2 unspecified atom stereocenters. The zero-order valence-corrected chi connectivity index (χ0v) is 11.7. The highest BCUT2D eigenvalue weighted by molar-refractivity contribution is 7.10. The van der Waals surface area contributed by atoms with Gasteiger partial charge in [0.15, 0.2) is 0 Å². The van der Waals surface area contributed by atoms with Crippen LogP contribution in [0.15, 0.2) is 11.4 Å². The lowest BCUT2D eigenvalue weighted by molar-refractivity contribution is 0.0571. The Hall–Kier alpha value is -0.420. The number of hydrogen-bond acceptors (Lipinski definition) is 4. The van der Waals surface area contributed by atoms with Gasteiger partial charge in [-0.15, -0.1) is 11.3 Å². The predicted molar refractivity (Wildman–Crippen MR) is 72.5 cm³/mol. The molecule has 2 atom stereocenters. The van der Waals surface area contributed by atoms with E-state index in [0.717, 1.165) is 25.2 Å². The van der Waals surface area contributed by atoms with Crippen molar-refractivity contribution in [3.8, 4) is 0 Å². The Balaban J connectivity index is 2.16. The van der Waals surface area contributed by atoms with Gasteiger partial charge in [0.2, 0.25) is 0 Å². The molecule has 96 valence electrons. The van der Waals surface area contributed by atoms with E-state index in [0.29, 0.717) is 0 Å². The molecule has 0 saturated carbocycles. The molecule has 3 nitrogen and oxygen atoms in total. The van der Waals surface area contributed by atoms with Gasteiger partial charge in [-0.1, -0.05) is 0 Å². The third-order valence-electron chi connectivity index (χ3n) is 3.70. The van der Waals surface area contributed by atoms with Crippen LogP contribution in [0.2, 0.25) is 0 Å². The van der Waals surface area contributed by atoms with Crippen LogP contribution in [0.3, 0.4) is 0 Å². The van der Waals surface area contributed by atoms with E-state index < -0.39 is 0 Å². The summed E-state index contributed by atoms with van der Waals surface area (Å²) in [7, 11) is 4.26. The molecule has 17 heavy (non-hydrogen) atoms. The van der Waals surface area contributed by atoms with Crippen molar-refractivity contribution in [3.05, 3.63) is 21.9 Å². The van der Waals surface area contributed by atoms with Crippen LogP contribution < -0.4 is 0 Å². The standard InChI is InChI=1S/C13H22N2OS/c1-10-11(5-8-17-10)13(16)12-9-14(2)6-4-7-15(12)3/h5,8,12-13,16H,4,6-7,9H2,1-3H3. The van der Waals surface area contributed by atoms with Gasteiger partial charge in [0.1, 0.15) is 0 Å². The molecule has 0 aromatic carbocycles. The van der Waals surface area contributed by atoms with Gasteiger partial charge in [-0.3, -0.25) is 4.90 Å². The number of aryl methyl sites for hydroxylation is 1. The van der Waals surface area contributed by atoms with Crippen LogP contribution in [-0.2, 0) is 0 Å². The number of aliphatic hydroxyl groups excluding tert-OH is 1. The summed E-state index contributed by atoms with van der Waals surface area (Å²) in [6.45, 7) is 5.21. The summed E-state index contributed by atoms with van der Waals surface area (Å²) < 4.78 is 0. The van der Waals surface area contributed by atoms with Gasteiger partial charge in [0.05, 0.1) is 12.1 Å². The molecule has 1 aromatic rings. The zero-order chi connectivity index (χ0) is 12.4. The van der Waals surface area contributed by atoms with Crippen molar-refractivity contribution >= 4 is 11.3 Å². The third-order valence-corrected chi connectivity index (χ3v) is 4.56. The maximum atomic E-state index is 10.6. The topological polar surface area (TPSA) is 26.7 Å². The minimum absolute atomic E-state index is 0.204. The lowest BCUT2D eigenvalue weighted by Crippen LogP contribution is -2.42. The van der Waals surface area contributed by atoms with Crippen molar-refractivity contribution in [2.45, 2.75) is 25.5 Å². The first-order valence-electron chi connectivity index (χ1n) is 6.20. The Morgan fingerprint density at radius 3 is 2.82 bits per heavy atom. The summed E-state index contributed by atoms with van der Waals surface area (Å²) in [5, 5.41) is 12.6. The van der Waals surface area contributed by atoms with Crippen LogP contribution >= 0.6 is 11.3 Å². The van der Waals surface area contributed by atoms with Crippen molar-refractivity contribution < 1.29 is 5.11 Å². The van der Waals surface area contributed by atoms with Crippen molar-refractivity contribution in [1.82, 2.24) is 9.80 Å². The molecule has 1 N–H and O–H groups in total. The van der Waals surface area contributed by atoms with E-state index in [1.54, 1.807) is 11.3 Å².